The van der Waals surface area contributed by atoms with E-state index in [4.69, 9.17) is 9.26 Å². The number of carbonyl (C=O) groups is 2. The molecule has 24 heavy (non-hydrogen) atoms. The summed E-state index contributed by atoms with van der Waals surface area (Å²) in [5.41, 5.74) is -0.572. The van der Waals surface area contributed by atoms with Crippen LogP contribution in [0, 0.1) is 5.41 Å². The quantitative estimate of drug-likeness (QED) is 0.707. The molecule has 0 aromatic carbocycles. The first kappa shape index (κ1) is 21.1. The SMILES string of the molecule is CC(C)(C)C(=O)ON1CCN(CCO[Si](C)(C)C(C)(C)C)C(=O)C1. The van der Waals surface area contributed by atoms with Crippen LogP contribution in [0.4, 0.5) is 0 Å². The molecule has 1 aliphatic heterocycles. The molecule has 0 saturated carbocycles. The topological polar surface area (TPSA) is 59.1 Å². The number of amides is 1. The molecule has 0 aromatic rings. The van der Waals surface area contributed by atoms with Crippen molar-refractivity contribution in [1.29, 1.82) is 0 Å². The molecule has 1 saturated heterocycles. The molecule has 0 spiro atoms. The first-order valence-electron chi connectivity index (χ1n) is 8.63. The molecule has 1 amide bonds. The lowest BCUT2D eigenvalue weighted by Crippen LogP contribution is -2.52. The van der Waals surface area contributed by atoms with E-state index in [1.165, 1.54) is 5.06 Å². The third-order valence-corrected chi connectivity index (χ3v) is 9.28. The van der Waals surface area contributed by atoms with Crippen LogP contribution in [0.15, 0.2) is 0 Å². The molecule has 0 N–H and O–H groups in total. The summed E-state index contributed by atoms with van der Waals surface area (Å²) in [6.07, 6.45) is 0. The molecule has 0 aromatic heterocycles. The third kappa shape index (κ3) is 5.86. The van der Waals surface area contributed by atoms with Crippen LogP contribution in [-0.2, 0) is 18.9 Å². The van der Waals surface area contributed by atoms with Crippen molar-refractivity contribution in [3.63, 3.8) is 0 Å². The standard InChI is InChI=1S/C17H34N2O4Si/c1-16(2,3)15(21)23-19-10-9-18(14(20)13-19)11-12-22-24(7,8)17(4,5)6/h9-13H2,1-8H3. The Balaban J connectivity index is 2.43. The summed E-state index contributed by atoms with van der Waals surface area (Å²) < 4.78 is 6.13. The van der Waals surface area contributed by atoms with Crippen LogP contribution in [0.25, 0.3) is 0 Å². The zero-order chi connectivity index (χ0) is 18.8. The van der Waals surface area contributed by atoms with Gasteiger partial charge in [0.05, 0.1) is 18.6 Å². The number of hydrogen-bond donors (Lipinski definition) is 0. The minimum Gasteiger partial charge on any atom is -0.415 e. The minimum absolute atomic E-state index is 0.0261. The highest BCUT2D eigenvalue weighted by atomic mass is 28.4. The van der Waals surface area contributed by atoms with Crippen molar-refractivity contribution in [2.24, 2.45) is 5.41 Å². The molecule has 0 bridgehead atoms. The van der Waals surface area contributed by atoms with Gasteiger partial charge >= 0.3 is 5.97 Å². The fraction of sp³-hybridized carbons (Fsp3) is 0.882. The van der Waals surface area contributed by atoms with Crippen molar-refractivity contribution in [2.75, 3.05) is 32.8 Å². The highest BCUT2D eigenvalue weighted by Gasteiger charge is 2.37. The first-order chi connectivity index (χ1) is 10.7. The maximum Gasteiger partial charge on any atom is 0.330 e. The Hall–Kier alpha value is -0.923. The molecule has 1 heterocycles. The van der Waals surface area contributed by atoms with Gasteiger partial charge in [0.25, 0.3) is 0 Å². The molecular formula is C17H34N2O4Si. The maximum atomic E-state index is 12.2. The van der Waals surface area contributed by atoms with E-state index in [2.05, 4.69) is 33.9 Å². The maximum absolute atomic E-state index is 12.2. The molecule has 1 rings (SSSR count). The Morgan fingerprint density at radius 2 is 1.71 bits per heavy atom. The Kier molecular flexibility index (Phi) is 6.63. The fourth-order valence-corrected chi connectivity index (χ4v) is 2.92. The smallest absolute Gasteiger partial charge is 0.330 e. The molecule has 1 fully saturated rings. The molecule has 7 heteroatoms. The van der Waals surface area contributed by atoms with E-state index in [1.807, 2.05) is 0 Å². The molecule has 0 radical (unpaired) electrons. The zero-order valence-corrected chi connectivity index (χ0v) is 17.6. The van der Waals surface area contributed by atoms with E-state index in [9.17, 15) is 9.59 Å². The first-order valence-corrected chi connectivity index (χ1v) is 11.5. The Morgan fingerprint density at radius 3 is 2.17 bits per heavy atom. The van der Waals surface area contributed by atoms with Gasteiger partial charge in [-0.25, -0.2) is 4.79 Å². The number of hydroxylamine groups is 2. The van der Waals surface area contributed by atoms with Crippen LogP contribution in [0.1, 0.15) is 41.5 Å². The van der Waals surface area contributed by atoms with Crippen LogP contribution in [-0.4, -0.2) is 62.9 Å². The second-order valence-electron chi connectivity index (χ2n) is 8.98. The highest BCUT2D eigenvalue weighted by Crippen LogP contribution is 2.36. The van der Waals surface area contributed by atoms with Gasteiger partial charge in [-0.2, -0.15) is 0 Å². The third-order valence-electron chi connectivity index (χ3n) is 4.74. The number of carbonyl (C=O) groups excluding carboxylic acids is 2. The Bertz CT molecular complexity index is 466. The summed E-state index contributed by atoms with van der Waals surface area (Å²) in [7, 11) is -1.79. The predicted molar refractivity (Wildman–Crippen MR) is 96.8 cm³/mol. The number of nitrogens with zero attached hydrogens (tertiary/aromatic N) is 2. The van der Waals surface area contributed by atoms with Gasteiger partial charge in [0.2, 0.25) is 5.91 Å². The van der Waals surface area contributed by atoms with Crippen molar-refractivity contribution < 1.29 is 18.9 Å². The molecule has 0 unspecified atom stereocenters. The van der Waals surface area contributed by atoms with Crippen molar-refractivity contribution in [1.82, 2.24) is 9.96 Å². The lowest BCUT2D eigenvalue weighted by molar-refractivity contribution is -0.207. The molecule has 1 aliphatic rings. The summed E-state index contributed by atoms with van der Waals surface area (Å²) in [4.78, 5) is 31.2. The Morgan fingerprint density at radius 1 is 1.12 bits per heavy atom. The summed E-state index contributed by atoms with van der Waals surface area (Å²) in [6.45, 7) is 18.8. The summed E-state index contributed by atoms with van der Waals surface area (Å²) >= 11 is 0. The average molecular weight is 359 g/mol. The van der Waals surface area contributed by atoms with Crippen LogP contribution in [0.5, 0.6) is 0 Å². The van der Waals surface area contributed by atoms with Gasteiger partial charge in [0, 0.05) is 13.1 Å². The summed E-state index contributed by atoms with van der Waals surface area (Å²) in [5, 5.41) is 1.62. The van der Waals surface area contributed by atoms with E-state index >= 15 is 0 Å². The van der Waals surface area contributed by atoms with Crippen molar-refractivity contribution in [3.05, 3.63) is 0 Å². The van der Waals surface area contributed by atoms with E-state index in [0.29, 0.717) is 26.2 Å². The number of hydrogen-bond acceptors (Lipinski definition) is 5. The highest BCUT2D eigenvalue weighted by molar-refractivity contribution is 6.74. The molecule has 140 valence electrons. The van der Waals surface area contributed by atoms with Crippen LogP contribution in [0.2, 0.25) is 18.1 Å². The van der Waals surface area contributed by atoms with E-state index in [0.717, 1.165) is 0 Å². The van der Waals surface area contributed by atoms with Gasteiger partial charge in [-0.1, -0.05) is 20.8 Å². The van der Waals surface area contributed by atoms with Crippen LogP contribution < -0.4 is 0 Å². The van der Waals surface area contributed by atoms with Gasteiger partial charge in [0.15, 0.2) is 8.32 Å². The van der Waals surface area contributed by atoms with Crippen molar-refractivity contribution >= 4 is 20.2 Å². The van der Waals surface area contributed by atoms with E-state index in [-0.39, 0.29) is 23.5 Å². The van der Waals surface area contributed by atoms with Crippen molar-refractivity contribution in [3.8, 4) is 0 Å². The lowest BCUT2D eigenvalue weighted by Gasteiger charge is -2.38. The van der Waals surface area contributed by atoms with Gasteiger partial charge in [0.1, 0.15) is 6.54 Å². The van der Waals surface area contributed by atoms with E-state index in [1.54, 1.807) is 25.7 Å². The second kappa shape index (κ2) is 7.54. The summed E-state index contributed by atoms with van der Waals surface area (Å²) in [5.74, 6) is -0.341. The van der Waals surface area contributed by atoms with Gasteiger partial charge in [-0.15, -0.1) is 5.06 Å². The van der Waals surface area contributed by atoms with Gasteiger partial charge in [-0.05, 0) is 38.9 Å². The molecule has 0 aliphatic carbocycles. The second-order valence-corrected chi connectivity index (χ2v) is 13.8. The normalized spacial score (nSPS) is 18.0. The average Bonchev–Trinajstić information content (AvgIpc) is 2.38. The fourth-order valence-electron chi connectivity index (χ4n) is 1.88. The van der Waals surface area contributed by atoms with Crippen molar-refractivity contribution in [2.45, 2.75) is 59.7 Å². The van der Waals surface area contributed by atoms with Gasteiger partial charge in [-0.3, -0.25) is 4.79 Å². The molecular weight excluding hydrogens is 324 g/mol. The molecule has 0 atom stereocenters. The lowest BCUT2D eigenvalue weighted by atomic mass is 9.98. The van der Waals surface area contributed by atoms with Crippen LogP contribution >= 0.6 is 0 Å². The predicted octanol–water partition coefficient (Wildman–Crippen LogP) is 2.66. The van der Waals surface area contributed by atoms with Gasteiger partial charge < -0.3 is 14.2 Å². The number of rotatable bonds is 5. The molecule has 6 nitrogen and oxygen atoms in total. The monoisotopic (exact) mass is 358 g/mol. The Labute approximate surface area is 147 Å². The van der Waals surface area contributed by atoms with E-state index < -0.39 is 13.7 Å². The largest absolute Gasteiger partial charge is 0.415 e. The summed E-state index contributed by atoms with van der Waals surface area (Å²) in [6, 6.07) is 0. The van der Waals surface area contributed by atoms with Crippen LogP contribution in [0.3, 0.4) is 0 Å². The minimum atomic E-state index is -1.79. The zero-order valence-electron chi connectivity index (χ0n) is 16.6. The number of piperazine rings is 1.